The zero-order valence-electron chi connectivity index (χ0n) is 19.9. The Labute approximate surface area is 207 Å². The number of nitrogens with zero attached hydrogens (tertiary/aromatic N) is 1. The number of nitro groups is 1. The van der Waals surface area contributed by atoms with Crippen LogP contribution in [0.5, 0.6) is 11.5 Å². The molecule has 2 heterocycles. The number of carbonyl (C=O) groups is 1. The number of halogens is 1. The molecule has 8 nitrogen and oxygen atoms in total. The number of para-hydroxylation sites is 1. The van der Waals surface area contributed by atoms with E-state index < -0.39 is 23.4 Å². The summed E-state index contributed by atoms with van der Waals surface area (Å²) >= 11 is 0. The van der Waals surface area contributed by atoms with Crippen LogP contribution in [0.1, 0.15) is 36.5 Å². The first-order chi connectivity index (χ1) is 17.3. The van der Waals surface area contributed by atoms with Gasteiger partial charge in [-0.2, -0.15) is 0 Å². The van der Waals surface area contributed by atoms with Crippen molar-refractivity contribution in [1.29, 1.82) is 0 Å². The summed E-state index contributed by atoms with van der Waals surface area (Å²) < 4.78 is 25.2. The summed E-state index contributed by atoms with van der Waals surface area (Å²) in [6.07, 6.45) is 0. The highest BCUT2D eigenvalue weighted by molar-refractivity contribution is 6.07. The highest BCUT2D eigenvalue weighted by Gasteiger charge is 2.67. The van der Waals surface area contributed by atoms with Crippen LogP contribution in [0.25, 0.3) is 0 Å². The Morgan fingerprint density at radius 3 is 2.61 bits per heavy atom. The number of hydrogen-bond donors (Lipinski definition) is 2. The van der Waals surface area contributed by atoms with Crippen LogP contribution in [0.15, 0.2) is 66.7 Å². The molecule has 36 heavy (non-hydrogen) atoms. The highest BCUT2D eigenvalue weighted by Crippen LogP contribution is 2.50. The van der Waals surface area contributed by atoms with Gasteiger partial charge in [0.15, 0.2) is 17.0 Å². The van der Waals surface area contributed by atoms with Crippen LogP contribution in [0, 0.1) is 15.9 Å². The summed E-state index contributed by atoms with van der Waals surface area (Å²) in [6.45, 7) is 4.17. The number of carbonyl (C=O) groups excluding carboxylic acids is 1. The van der Waals surface area contributed by atoms with Crippen LogP contribution in [0.3, 0.4) is 0 Å². The molecule has 1 amide bonds. The van der Waals surface area contributed by atoms with Crippen LogP contribution in [0.4, 0.5) is 10.1 Å². The predicted molar refractivity (Wildman–Crippen MR) is 131 cm³/mol. The average Bonchev–Trinajstić information content (AvgIpc) is 3.32. The zero-order valence-corrected chi connectivity index (χ0v) is 19.9. The van der Waals surface area contributed by atoms with Gasteiger partial charge in [-0.05, 0) is 55.3 Å². The Morgan fingerprint density at radius 2 is 1.86 bits per heavy atom. The van der Waals surface area contributed by atoms with Crippen LogP contribution >= 0.6 is 0 Å². The maximum Gasteiger partial charge on any atom is 0.256 e. The Bertz CT molecular complexity index is 1330. The molecule has 0 aromatic heterocycles. The van der Waals surface area contributed by atoms with E-state index in [0.29, 0.717) is 40.5 Å². The van der Waals surface area contributed by atoms with Crippen LogP contribution < -0.4 is 20.1 Å². The molecule has 5 rings (SSSR count). The van der Waals surface area contributed by atoms with Crippen molar-refractivity contribution < 1.29 is 23.6 Å². The van der Waals surface area contributed by atoms with Crippen LogP contribution in [-0.4, -0.2) is 29.5 Å². The van der Waals surface area contributed by atoms with Gasteiger partial charge in [0, 0.05) is 22.2 Å². The third-order valence-electron chi connectivity index (χ3n) is 6.90. The van der Waals surface area contributed by atoms with Gasteiger partial charge in [-0.3, -0.25) is 20.2 Å². The minimum absolute atomic E-state index is 0.135. The van der Waals surface area contributed by atoms with E-state index in [2.05, 4.69) is 10.6 Å². The fourth-order valence-electron chi connectivity index (χ4n) is 5.46. The second-order valence-corrected chi connectivity index (χ2v) is 9.05. The van der Waals surface area contributed by atoms with Crippen LogP contribution in [0.2, 0.25) is 0 Å². The molecule has 0 radical (unpaired) electrons. The summed E-state index contributed by atoms with van der Waals surface area (Å²) in [7, 11) is 0. The van der Waals surface area contributed by atoms with Crippen LogP contribution in [-0.2, 0) is 16.9 Å². The lowest BCUT2D eigenvalue weighted by atomic mass is 9.78. The van der Waals surface area contributed by atoms with E-state index in [1.54, 1.807) is 54.6 Å². The van der Waals surface area contributed by atoms with E-state index in [0.717, 1.165) is 0 Å². The molecule has 3 aromatic rings. The smallest absolute Gasteiger partial charge is 0.256 e. The maximum atomic E-state index is 13.5. The number of nitrogens with one attached hydrogen (secondary N) is 2. The van der Waals surface area contributed by atoms with Gasteiger partial charge in [-0.25, -0.2) is 4.39 Å². The molecule has 1 saturated heterocycles. The van der Waals surface area contributed by atoms with Crippen molar-refractivity contribution in [3.05, 3.63) is 99.4 Å². The Balaban J connectivity index is 1.50. The topological polar surface area (TPSA) is 103 Å². The van der Waals surface area contributed by atoms with Crippen molar-refractivity contribution in [2.45, 2.75) is 44.0 Å². The Hall–Kier alpha value is -3.98. The summed E-state index contributed by atoms with van der Waals surface area (Å²) in [4.78, 5) is 25.4. The van der Waals surface area contributed by atoms with Gasteiger partial charge >= 0.3 is 0 Å². The number of fused-ring (bicyclic) bond motifs is 2. The number of benzene rings is 3. The number of rotatable bonds is 7. The molecule has 1 spiro atoms. The molecular formula is C27H26FN3O5. The van der Waals surface area contributed by atoms with Crippen molar-refractivity contribution >= 4 is 11.6 Å². The molecule has 0 unspecified atom stereocenters. The lowest BCUT2D eigenvalue weighted by Crippen LogP contribution is -2.54. The molecule has 9 heteroatoms. The van der Waals surface area contributed by atoms with E-state index in [-0.39, 0.29) is 23.4 Å². The Kier molecular flexibility index (Phi) is 6.09. The molecule has 0 aliphatic carbocycles. The third kappa shape index (κ3) is 3.85. The molecular weight excluding hydrogens is 465 g/mol. The molecule has 0 saturated carbocycles. The van der Waals surface area contributed by atoms with E-state index >= 15 is 0 Å². The monoisotopic (exact) mass is 491 g/mol. The van der Waals surface area contributed by atoms with Gasteiger partial charge in [0.25, 0.3) is 11.9 Å². The molecule has 0 bridgehead atoms. The second kappa shape index (κ2) is 9.23. The van der Waals surface area contributed by atoms with Crippen molar-refractivity contribution in [3.63, 3.8) is 0 Å². The maximum absolute atomic E-state index is 13.5. The average molecular weight is 492 g/mol. The van der Waals surface area contributed by atoms with Crippen molar-refractivity contribution in [2.24, 2.45) is 0 Å². The number of hydrogen-bond acceptors (Lipinski definition) is 6. The van der Waals surface area contributed by atoms with E-state index in [4.69, 9.17) is 9.47 Å². The number of amides is 1. The second-order valence-electron chi connectivity index (χ2n) is 9.05. The van der Waals surface area contributed by atoms with E-state index in [9.17, 15) is 19.3 Å². The first kappa shape index (κ1) is 23.7. The van der Waals surface area contributed by atoms with Crippen molar-refractivity contribution in [2.75, 3.05) is 11.9 Å². The lowest BCUT2D eigenvalue weighted by molar-refractivity contribution is -0.532. The Morgan fingerprint density at radius 1 is 1.06 bits per heavy atom. The van der Waals surface area contributed by atoms with Gasteiger partial charge in [-0.15, -0.1) is 0 Å². The largest absolute Gasteiger partial charge is 0.490 e. The van der Waals surface area contributed by atoms with Gasteiger partial charge in [-0.1, -0.05) is 36.4 Å². The lowest BCUT2D eigenvalue weighted by Gasteiger charge is -2.25. The standard InChI is InChI=1S/C27H26FN3O5/c1-3-35-23-14-18(11-12-22(23)36-15-17-7-6-8-19(28)13-17)24-16(2)30-27(25(24)31(33)34)20-9-4-5-10-21(20)29-26(27)32/h4-14,16,24-25,30H,3,15H2,1-2H3,(H,29,32)/t16-,24-,25+,27-/m0/s1. The first-order valence-corrected chi connectivity index (χ1v) is 11.8. The van der Waals surface area contributed by atoms with Gasteiger partial charge in [0.2, 0.25) is 0 Å². The molecule has 2 N–H and O–H groups in total. The normalized spacial score (nSPS) is 24.4. The quantitative estimate of drug-likeness (QED) is 0.376. The molecule has 1 fully saturated rings. The van der Waals surface area contributed by atoms with Gasteiger partial charge in [0.1, 0.15) is 12.4 Å². The van der Waals surface area contributed by atoms with Crippen molar-refractivity contribution in [1.82, 2.24) is 5.32 Å². The fourth-order valence-corrected chi connectivity index (χ4v) is 5.46. The first-order valence-electron chi connectivity index (χ1n) is 11.8. The van der Waals surface area contributed by atoms with E-state index in [1.165, 1.54) is 12.1 Å². The van der Waals surface area contributed by atoms with Gasteiger partial charge < -0.3 is 14.8 Å². The summed E-state index contributed by atoms with van der Waals surface area (Å²) in [5.74, 6) is -0.526. The molecule has 186 valence electrons. The molecule has 4 atom stereocenters. The SMILES string of the molecule is CCOc1cc([C@@H]2[C@H](C)N[C@]3(C(=O)Nc4ccccc43)[C@@H]2[N+](=O)[O-])ccc1OCc1cccc(F)c1. The fraction of sp³-hybridized carbons (Fsp3) is 0.296. The van der Waals surface area contributed by atoms with Gasteiger partial charge in [0.05, 0.1) is 12.5 Å². The summed E-state index contributed by atoms with van der Waals surface area (Å²) in [6, 6.07) is 16.8. The van der Waals surface area contributed by atoms with Crippen molar-refractivity contribution in [3.8, 4) is 11.5 Å². The predicted octanol–water partition coefficient (Wildman–Crippen LogP) is 4.37. The minimum atomic E-state index is -1.48. The van der Waals surface area contributed by atoms with E-state index in [1.807, 2.05) is 13.8 Å². The molecule has 2 aliphatic rings. The number of ether oxygens (including phenoxy) is 2. The third-order valence-corrected chi connectivity index (χ3v) is 6.90. The minimum Gasteiger partial charge on any atom is -0.490 e. The highest BCUT2D eigenvalue weighted by atomic mass is 19.1. The summed E-state index contributed by atoms with van der Waals surface area (Å²) in [5, 5.41) is 18.6. The summed E-state index contributed by atoms with van der Waals surface area (Å²) in [5.41, 5.74) is 0.989. The molecule has 2 aliphatic heterocycles. The zero-order chi connectivity index (χ0) is 25.4. The number of anilines is 1. The molecule has 3 aromatic carbocycles.